The number of aromatic nitrogens is 1. The molecule has 1 aromatic heterocycles. The molecule has 6 rings (SSSR count). The summed E-state index contributed by atoms with van der Waals surface area (Å²) in [5.74, 6) is -0.00993. The first-order valence-corrected chi connectivity index (χ1v) is 16.7. The van der Waals surface area contributed by atoms with E-state index in [-0.39, 0.29) is 30.1 Å². The fourth-order valence-electron chi connectivity index (χ4n) is 7.26. The van der Waals surface area contributed by atoms with Crippen LogP contribution in [-0.4, -0.2) is 53.6 Å². The van der Waals surface area contributed by atoms with E-state index in [1.165, 1.54) is 0 Å². The molecule has 2 aliphatic heterocycles. The number of aromatic amines is 1. The number of fused-ring (bicyclic) bond motifs is 3. The predicted octanol–water partition coefficient (Wildman–Crippen LogP) is 6.90. The summed E-state index contributed by atoms with van der Waals surface area (Å²) in [6.07, 6.45) is 8.17. The third kappa shape index (κ3) is 6.09. The summed E-state index contributed by atoms with van der Waals surface area (Å²) in [5.41, 5.74) is 3.55. The lowest BCUT2D eigenvalue weighted by Gasteiger charge is -2.31. The lowest BCUT2D eigenvalue weighted by Crippen LogP contribution is -2.42. The van der Waals surface area contributed by atoms with Crippen molar-refractivity contribution >= 4 is 34.5 Å². The van der Waals surface area contributed by atoms with Crippen LogP contribution in [0.25, 0.3) is 16.5 Å². The van der Waals surface area contributed by atoms with Gasteiger partial charge in [-0.1, -0.05) is 44.2 Å². The van der Waals surface area contributed by atoms with Crippen LogP contribution in [0.1, 0.15) is 94.7 Å². The lowest BCUT2D eigenvalue weighted by atomic mass is 9.75. The lowest BCUT2D eigenvalue weighted by molar-refractivity contribution is -0.141. The van der Waals surface area contributed by atoms with Gasteiger partial charge in [0.05, 0.1) is 30.5 Å². The maximum atomic E-state index is 13.4. The van der Waals surface area contributed by atoms with Gasteiger partial charge in [-0.05, 0) is 62.3 Å². The first-order chi connectivity index (χ1) is 22.7. The number of esters is 1. The van der Waals surface area contributed by atoms with Gasteiger partial charge in [-0.25, -0.2) is 4.79 Å². The summed E-state index contributed by atoms with van der Waals surface area (Å²) in [4.78, 5) is 42.7. The molecular formula is C38H43NO8. The number of aldehydes is 1. The fourth-order valence-corrected chi connectivity index (χ4v) is 7.26. The largest absolute Gasteiger partial charge is 0.496 e. The zero-order valence-corrected chi connectivity index (χ0v) is 27.6. The van der Waals surface area contributed by atoms with Gasteiger partial charge in [-0.15, -0.1) is 0 Å². The van der Waals surface area contributed by atoms with Crippen LogP contribution in [0.5, 0.6) is 17.2 Å². The van der Waals surface area contributed by atoms with E-state index >= 15 is 0 Å². The van der Waals surface area contributed by atoms with Crippen molar-refractivity contribution in [1.82, 2.24) is 4.98 Å². The molecule has 0 bridgehead atoms. The number of carbonyl (C=O) groups is 3. The molecule has 3 aliphatic rings. The van der Waals surface area contributed by atoms with Crippen molar-refractivity contribution in [2.75, 3.05) is 13.7 Å². The number of H-pyrrole nitrogens is 1. The van der Waals surface area contributed by atoms with Crippen molar-refractivity contribution in [3.05, 3.63) is 70.1 Å². The van der Waals surface area contributed by atoms with Crippen molar-refractivity contribution in [1.29, 1.82) is 0 Å². The van der Waals surface area contributed by atoms with Gasteiger partial charge in [0.2, 0.25) is 5.76 Å². The number of Topliss-reactive ketones (excluding diaryl/α,β-unsaturated/α-hetero) is 1. The second-order valence-corrected chi connectivity index (χ2v) is 12.9. The van der Waals surface area contributed by atoms with E-state index in [1.807, 2.05) is 30.5 Å². The van der Waals surface area contributed by atoms with Crippen LogP contribution in [0.3, 0.4) is 0 Å². The Hall–Kier alpha value is -4.37. The molecule has 9 nitrogen and oxygen atoms in total. The van der Waals surface area contributed by atoms with E-state index in [0.29, 0.717) is 60.4 Å². The molecule has 248 valence electrons. The van der Waals surface area contributed by atoms with E-state index in [9.17, 15) is 19.5 Å². The maximum Gasteiger partial charge on any atom is 0.375 e. The summed E-state index contributed by atoms with van der Waals surface area (Å²) >= 11 is 0. The number of allylic oxidation sites excluding steroid dienone is 3. The minimum absolute atomic E-state index is 0.0665. The smallest absolute Gasteiger partial charge is 0.375 e. The SMILES string of the molecule is CCCCCCC(C)(O)C1Cc2c(cc3c(c2OC)C(=C2CCC(=O)C(c4ccc5[nH]ccc5c4)C2)C(C=O)=C(C(=O)OCC)O3)O1. The number of ether oxygens (including phenoxy) is 4. The highest BCUT2D eigenvalue weighted by molar-refractivity contribution is 6.10. The Bertz CT molecular complexity index is 1780. The molecule has 0 amide bonds. The number of rotatable bonds is 11. The second-order valence-electron chi connectivity index (χ2n) is 12.9. The van der Waals surface area contributed by atoms with Crippen molar-refractivity contribution in [3.8, 4) is 17.2 Å². The molecule has 2 N–H and O–H groups in total. The van der Waals surface area contributed by atoms with E-state index in [1.54, 1.807) is 27.0 Å². The number of benzene rings is 2. The van der Waals surface area contributed by atoms with Gasteiger partial charge in [0.25, 0.3) is 0 Å². The molecular weight excluding hydrogens is 598 g/mol. The average molecular weight is 642 g/mol. The topological polar surface area (TPSA) is 124 Å². The van der Waals surface area contributed by atoms with Crippen LogP contribution >= 0.6 is 0 Å². The second kappa shape index (κ2) is 13.4. The highest BCUT2D eigenvalue weighted by atomic mass is 16.6. The highest BCUT2D eigenvalue weighted by Gasteiger charge is 2.43. The van der Waals surface area contributed by atoms with E-state index in [0.717, 1.165) is 53.3 Å². The van der Waals surface area contributed by atoms with Gasteiger partial charge >= 0.3 is 5.97 Å². The Morgan fingerprint density at radius 2 is 1.94 bits per heavy atom. The molecule has 2 aromatic carbocycles. The van der Waals surface area contributed by atoms with Crippen molar-refractivity contribution < 1.29 is 38.4 Å². The van der Waals surface area contributed by atoms with E-state index < -0.39 is 23.6 Å². The predicted molar refractivity (Wildman–Crippen MR) is 178 cm³/mol. The van der Waals surface area contributed by atoms with Gasteiger partial charge < -0.3 is 29.0 Å². The molecule has 0 spiro atoms. The van der Waals surface area contributed by atoms with Crippen molar-refractivity contribution in [2.45, 2.75) is 96.2 Å². The van der Waals surface area contributed by atoms with Gasteiger partial charge in [0, 0.05) is 47.7 Å². The number of hydrogen-bond donors (Lipinski definition) is 2. The number of carbonyl (C=O) groups excluding carboxylic acids is 3. The average Bonchev–Trinajstić information content (AvgIpc) is 3.72. The van der Waals surface area contributed by atoms with Gasteiger partial charge in [0.15, 0.2) is 6.29 Å². The number of aliphatic hydroxyl groups is 1. The number of hydrogen-bond acceptors (Lipinski definition) is 8. The van der Waals surface area contributed by atoms with Gasteiger partial charge in [0.1, 0.15) is 29.1 Å². The van der Waals surface area contributed by atoms with Gasteiger partial charge in [-0.2, -0.15) is 0 Å². The summed E-state index contributed by atoms with van der Waals surface area (Å²) < 4.78 is 23.9. The Morgan fingerprint density at radius 1 is 1.11 bits per heavy atom. The monoisotopic (exact) mass is 641 g/mol. The minimum atomic E-state index is -1.08. The molecule has 0 saturated heterocycles. The van der Waals surface area contributed by atoms with Crippen LogP contribution in [-0.2, 0) is 25.5 Å². The number of nitrogens with one attached hydrogen (secondary N) is 1. The summed E-state index contributed by atoms with van der Waals surface area (Å²) in [6.45, 7) is 5.74. The molecule has 47 heavy (non-hydrogen) atoms. The summed E-state index contributed by atoms with van der Waals surface area (Å²) in [6, 6.07) is 9.65. The van der Waals surface area contributed by atoms with Crippen LogP contribution in [0.15, 0.2) is 53.4 Å². The molecule has 1 saturated carbocycles. The summed E-state index contributed by atoms with van der Waals surface area (Å²) in [7, 11) is 1.55. The number of ketones is 1. The van der Waals surface area contributed by atoms with Crippen LogP contribution in [0.4, 0.5) is 0 Å². The van der Waals surface area contributed by atoms with Crippen LogP contribution in [0.2, 0.25) is 0 Å². The first-order valence-electron chi connectivity index (χ1n) is 16.7. The Morgan fingerprint density at radius 3 is 2.68 bits per heavy atom. The molecule has 1 aliphatic carbocycles. The fraction of sp³-hybridized carbons (Fsp3) is 0.447. The van der Waals surface area contributed by atoms with Crippen LogP contribution < -0.4 is 14.2 Å². The molecule has 3 aromatic rings. The zero-order valence-electron chi connectivity index (χ0n) is 27.6. The third-order valence-electron chi connectivity index (χ3n) is 9.80. The molecule has 3 heterocycles. The zero-order chi connectivity index (χ0) is 33.3. The van der Waals surface area contributed by atoms with Crippen molar-refractivity contribution in [3.63, 3.8) is 0 Å². The standard InChI is InChI=1S/C38H43NO8/c1-5-7-8-9-15-38(3,43)32-19-26-30(46-32)20-31-34(35(26)44-4)33(27(21-40)36(47-31)37(42)45-6-2)24-11-13-29(41)25(18-24)22-10-12-28-23(17-22)14-16-39-28/h10,12,14,16-17,20-21,25,32,39,43H,5-9,11,13,15,18-19H2,1-4H3. The Labute approximate surface area is 274 Å². The van der Waals surface area contributed by atoms with E-state index in [2.05, 4.69) is 11.9 Å². The highest BCUT2D eigenvalue weighted by Crippen LogP contribution is 2.54. The summed E-state index contributed by atoms with van der Waals surface area (Å²) in [5, 5.41) is 12.5. The maximum absolute atomic E-state index is 13.4. The number of methoxy groups -OCH3 is 1. The molecule has 0 radical (unpaired) electrons. The number of unbranched alkanes of at least 4 members (excludes halogenated alkanes) is 3. The quantitative estimate of drug-likeness (QED) is 0.132. The normalized spacial score (nSPS) is 21.9. The van der Waals surface area contributed by atoms with Crippen LogP contribution in [0, 0.1) is 0 Å². The first kappa shape index (κ1) is 32.6. The molecule has 9 heteroatoms. The van der Waals surface area contributed by atoms with E-state index in [4.69, 9.17) is 18.9 Å². The molecule has 3 unspecified atom stereocenters. The Balaban J connectivity index is 1.46. The van der Waals surface area contributed by atoms with Crippen molar-refractivity contribution in [2.24, 2.45) is 0 Å². The Kier molecular flexibility index (Phi) is 9.28. The molecule has 3 atom stereocenters. The molecule has 1 fully saturated rings. The van der Waals surface area contributed by atoms with Gasteiger partial charge in [-0.3, -0.25) is 9.59 Å². The third-order valence-corrected chi connectivity index (χ3v) is 9.80. The minimum Gasteiger partial charge on any atom is -0.496 e.